The van der Waals surface area contributed by atoms with Crippen LogP contribution in [-0.4, -0.2) is 15.0 Å². The summed E-state index contributed by atoms with van der Waals surface area (Å²) in [6, 6.07) is 6.73. The van der Waals surface area contributed by atoms with E-state index in [0.717, 1.165) is 5.69 Å². The zero-order valence-electron chi connectivity index (χ0n) is 10.0. The largest absolute Gasteiger partial charge is 0.417 e. The van der Waals surface area contributed by atoms with Crippen LogP contribution in [-0.2, 0) is 0 Å². The van der Waals surface area contributed by atoms with E-state index in [4.69, 9.17) is 9.68 Å². The third-order valence-electron chi connectivity index (χ3n) is 2.54. The average molecular weight is 268 g/mol. The summed E-state index contributed by atoms with van der Waals surface area (Å²) in [5.41, 5.74) is 1.79. The highest BCUT2D eigenvalue weighted by Gasteiger charge is 2.03. The van der Waals surface area contributed by atoms with Gasteiger partial charge in [0.1, 0.15) is 18.0 Å². The molecule has 0 aliphatic rings. The van der Waals surface area contributed by atoms with Crippen LogP contribution in [0.25, 0.3) is 11.1 Å². The van der Waals surface area contributed by atoms with Crippen LogP contribution in [0.15, 0.2) is 39.8 Å². The van der Waals surface area contributed by atoms with Crippen molar-refractivity contribution in [3.63, 3.8) is 0 Å². The predicted octanol–water partition coefficient (Wildman–Crippen LogP) is 1.55. The number of nitriles is 1. The summed E-state index contributed by atoms with van der Waals surface area (Å²) in [4.78, 5) is 21.6. The van der Waals surface area contributed by atoms with Gasteiger partial charge in [-0.05, 0) is 18.2 Å². The lowest BCUT2D eigenvalue weighted by Gasteiger charge is -2.05. The zero-order valence-corrected chi connectivity index (χ0v) is 10.0. The summed E-state index contributed by atoms with van der Waals surface area (Å²) < 4.78 is 4.91. The third kappa shape index (κ3) is 2.28. The molecule has 0 amide bonds. The maximum absolute atomic E-state index is 11.1. The van der Waals surface area contributed by atoms with Gasteiger partial charge in [0.05, 0.1) is 5.52 Å². The Bertz CT molecular complexity index is 860. The molecule has 3 N–H and O–H groups in total. The molecule has 0 atom stereocenters. The second-order valence-electron chi connectivity index (χ2n) is 3.88. The number of hydrogen-bond acceptors (Lipinski definition) is 7. The topological polar surface area (TPSA) is 120 Å². The number of hydrogen-bond donors (Lipinski definition) is 3. The van der Waals surface area contributed by atoms with Gasteiger partial charge in [-0.3, -0.25) is 10.3 Å². The first-order valence-corrected chi connectivity index (χ1v) is 5.61. The molecule has 0 aliphatic heterocycles. The van der Waals surface area contributed by atoms with Crippen LogP contribution in [0.3, 0.4) is 0 Å². The minimum absolute atomic E-state index is 0.391. The molecule has 2 aromatic heterocycles. The minimum Gasteiger partial charge on any atom is -0.408 e. The van der Waals surface area contributed by atoms with Gasteiger partial charge in [-0.15, -0.1) is 0 Å². The smallest absolute Gasteiger partial charge is 0.408 e. The maximum Gasteiger partial charge on any atom is 0.417 e. The van der Waals surface area contributed by atoms with Gasteiger partial charge in [-0.1, -0.05) is 0 Å². The fourth-order valence-electron chi connectivity index (χ4n) is 1.73. The van der Waals surface area contributed by atoms with Crippen LogP contribution in [0.5, 0.6) is 0 Å². The highest BCUT2D eigenvalue weighted by atomic mass is 16.4. The van der Waals surface area contributed by atoms with Crippen molar-refractivity contribution in [1.82, 2.24) is 15.0 Å². The molecule has 0 saturated heterocycles. The molecule has 0 aliphatic carbocycles. The summed E-state index contributed by atoms with van der Waals surface area (Å²) in [6.45, 7) is 0. The Morgan fingerprint density at radius 1 is 1.25 bits per heavy atom. The molecule has 20 heavy (non-hydrogen) atoms. The lowest BCUT2D eigenvalue weighted by atomic mass is 10.3. The van der Waals surface area contributed by atoms with Crippen LogP contribution in [0.2, 0.25) is 0 Å². The Hall–Kier alpha value is -3.34. The molecule has 2 heterocycles. The van der Waals surface area contributed by atoms with Gasteiger partial charge in [0.25, 0.3) is 0 Å². The van der Waals surface area contributed by atoms with E-state index in [1.807, 2.05) is 0 Å². The van der Waals surface area contributed by atoms with Gasteiger partial charge >= 0.3 is 5.76 Å². The summed E-state index contributed by atoms with van der Waals surface area (Å²) >= 11 is 0. The van der Waals surface area contributed by atoms with Crippen LogP contribution in [0.4, 0.5) is 17.3 Å². The number of H-pyrrole nitrogens is 1. The molecule has 0 spiro atoms. The van der Waals surface area contributed by atoms with Gasteiger partial charge in [-0.2, -0.15) is 5.26 Å². The van der Waals surface area contributed by atoms with Crippen molar-refractivity contribution >= 4 is 28.4 Å². The first-order valence-electron chi connectivity index (χ1n) is 5.61. The number of rotatable bonds is 3. The summed E-state index contributed by atoms with van der Waals surface area (Å²) in [6.07, 6.45) is 3.12. The van der Waals surface area contributed by atoms with Crippen LogP contribution >= 0.6 is 0 Å². The fourth-order valence-corrected chi connectivity index (χ4v) is 1.73. The maximum atomic E-state index is 11.1. The van der Waals surface area contributed by atoms with E-state index in [9.17, 15) is 4.79 Å². The second kappa shape index (κ2) is 4.74. The Morgan fingerprint density at radius 3 is 2.95 bits per heavy atom. The van der Waals surface area contributed by atoms with Gasteiger partial charge in [0, 0.05) is 11.8 Å². The Balaban J connectivity index is 1.90. The molecule has 0 bridgehead atoms. The number of nitrogens with one attached hydrogen (secondary N) is 3. The third-order valence-corrected chi connectivity index (χ3v) is 2.54. The molecule has 98 valence electrons. The zero-order chi connectivity index (χ0) is 13.9. The number of oxazole rings is 1. The van der Waals surface area contributed by atoms with E-state index in [1.165, 1.54) is 6.33 Å². The molecule has 8 heteroatoms. The van der Waals surface area contributed by atoms with Crippen LogP contribution < -0.4 is 16.4 Å². The monoisotopic (exact) mass is 268 g/mol. The van der Waals surface area contributed by atoms with Gasteiger partial charge in [0.15, 0.2) is 11.8 Å². The van der Waals surface area contributed by atoms with Crippen molar-refractivity contribution in [2.45, 2.75) is 0 Å². The molecule has 0 unspecified atom stereocenters. The van der Waals surface area contributed by atoms with Gasteiger partial charge in [0.2, 0.25) is 0 Å². The molecular weight excluding hydrogens is 260 g/mol. The van der Waals surface area contributed by atoms with E-state index in [0.29, 0.717) is 22.7 Å². The number of anilines is 3. The molecule has 3 rings (SSSR count). The quantitative estimate of drug-likeness (QED) is 0.486. The van der Waals surface area contributed by atoms with Crippen molar-refractivity contribution in [3.8, 4) is 6.19 Å². The van der Waals surface area contributed by atoms with Crippen LogP contribution in [0.1, 0.15) is 0 Å². The summed E-state index contributed by atoms with van der Waals surface area (Å²) in [5.74, 6) is 0.408. The average Bonchev–Trinajstić information content (AvgIpc) is 2.79. The standard InChI is InChI=1S/C12H8N6O2/c13-5-14-10-4-11(16-6-15-10)17-7-1-2-9-8(3-7)18-12(19)20-9/h1-4,6H,(H,18,19)(H2,14,15,16,17). The van der Waals surface area contributed by atoms with E-state index < -0.39 is 5.76 Å². The summed E-state index contributed by atoms with van der Waals surface area (Å²) in [7, 11) is 0. The van der Waals surface area contributed by atoms with Crippen molar-refractivity contribution in [1.29, 1.82) is 5.26 Å². The van der Waals surface area contributed by atoms with E-state index >= 15 is 0 Å². The van der Waals surface area contributed by atoms with Crippen LogP contribution in [0, 0.1) is 11.5 Å². The van der Waals surface area contributed by atoms with E-state index in [-0.39, 0.29) is 0 Å². The molecule has 3 aromatic rings. The molecule has 0 saturated carbocycles. The van der Waals surface area contributed by atoms with Crippen molar-refractivity contribution in [2.75, 3.05) is 10.6 Å². The molecular formula is C12H8N6O2. The Labute approximate surface area is 112 Å². The Morgan fingerprint density at radius 2 is 2.10 bits per heavy atom. The predicted molar refractivity (Wildman–Crippen MR) is 71.4 cm³/mol. The van der Waals surface area contributed by atoms with Crippen molar-refractivity contribution < 1.29 is 4.42 Å². The molecule has 0 fully saturated rings. The lowest BCUT2D eigenvalue weighted by molar-refractivity contribution is 0.555. The minimum atomic E-state index is -0.500. The first-order chi connectivity index (χ1) is 9.74. The van der Waals surface area contributed by atoms with E-state index in [1.54, 1.807) is 30.5 Å². The molecule has 1 aromatic carbocycles. The Kier molecular flexibility index (Phi) is 2.78. The number of nitrogens with zero attached hydrogens (tertiary/aromatic N) is 3. The van der Waals surface area contributed by atoms with Gasteiger partial charge in [-0.25, -0.2) is 14.8 Å². The fraction of sp³-hybridized carbons (Fsp3) is 0. The van der Waals surface area contributed by atoms with Gasteiger partial charge < -0.3 is 9.73 Å². The van der Waals surface area contributed by atoms with Crippen molar-refractivity contribution in [2.24, 2.45) is 0 Å². The highest BCUT2D eigenvalue weighted by molar-refractivity contribution is 5.78. The summed E-state index contributed by atoms with van der Waals surface area (Å²) in [5, 5.41) is 14.0. The van der Waals surface area contributed by atoms with E-state index in [2.05, 4.69) is 25.6 Å². The highest BCUT2D eigenvalue weighted by Crippen LogP contribution is 2.20. The normalized spacial score (nSPS) is 10.2. The second-order valence-corrected chi connectivity index (χ2v) is 3.88. The first kappa shape index (κ1) is 11.7. The molecule has 8 nitrogen and oxygen atoms in total. The SMILES string of the molecule is N#CNc1cc(Nc2ccc3oc(=O)[nH]c3c2)ncn1. The number of fused-ring (bicyclic) bond motifs is 1. The number of benzene rings is 1. The number of aromatic amines is 1. The molecule has 0 radical (unpaired) electrons. The number of aromatic nitrogens is 3. The van der Waals surface area contributed by atoms with Crippen molar-refractivity contribution in [3.05, 3.63) is 41.1 Å². The lowest BCUT2D eigenvalue weighted by Crippen LogP contribution is -1.97.